The van der Waals surface area contributed by atoms with Crippen LogP contribution in [0.5, 0.6) is 5.75 Å². The predicted molar refractivity (Wildman–Crippen MR) is 117 cm³/mol. The van der Waals surface area contributed by atoms with Crippen LogP contribution < -0.4 is 10.1 Å². The maximum Gasteiger partial charge on any atom is 0.237 e. The zero-order valence-corrected chi connectivity index (χ0v) is 17.7. The van der Waals surface area contributed by atoms with E-state index in [0.717, 1.165) is 27.9 Å². The first-order chi connectivity index (χ1) is 14.0. The van der Waals surface area contributed by atoms with Crippen molar-refractivity contribution >= 4 is 51.5 Å². The summed E-state index contributed by atoms with van der Waals surface area (Å²) < 4.78 is 7.10. The largest absolute Gasteiger partial charge is 0.497 e. The monoisotopic (exact) mass is 426 g/mol. The Labute approximate surface area is 177 Å². The summed E-state index contributed by atoms with van der Waals surface area (Å²) in [6.45, 7) is 3.86. The number of thioether (sulfide) groups is 1. The van der Waals surface area contributed by atoms with Crippen LogP contribution in [0.25, 0.3) is 16.6 Å². The van der Waals surface area contributed by atoms with E-state index >= 15 is 0 Å². The lowest BCUT2D eigenvalue weighted by molar-refractivity contribution is -0.115. The number of halogens is 1. The molecule has 6 nitrogen and oxygen atoms in total. The van der Waals surface area contributed by atoms with E-state index in [-0.39, 0.29) is 11.2 Å². The number of benzene rings is 2. The van der Waals surface area contributed by atoms with Crippen molar-refractivity contribution in [1.82, 2.24) is 14.6 Å². The van der Waals surface area contributed by atoms with Gasteiger partial charge in [-0.3, -0.25) is 9.20 Å². The van der Waals surface area contributed by atoms with Crippen molar-refractivity contribution in [1.29, 1.82) is 0 Å². The number of aromatic nitrogens is 3. The lowest BCUT2D eigenvalue weighted by atomic mass is 10.1. The number of nitrogens with one attached hydrogen (secondary N) is 1. The number of hydrogen-bond donors (Lipinski definition) is 1. The maximum atomic E-state index is 12.7. The molecule has 0 radical (unpaired) electrons. The van der Waals surface area contributed by atoms with Crippen LogP contribution in [0.1, 0.15) is 12.5 Å². The van der Waals surface area contributed by atoms with Crippen molar-refractivity contribution in [2.45, 2.75) is 24.3 Å². The van der Waals surface area contributed by atoms with Gasteiger partial charge in [0.25, 0.3) is 0 Å². The Kier molecular flexibility index (Phi) is 5.34. The molecule has 1 amide bonds. The minimum absolute atomic E-state index is 0.114. The Hall–Kier alpha value is -2.77. The van der Waals surface area contributed by atoms with E-state index in [1.54, 1.807) is 31.4 Å². The third-order valence-corrected chi connectivity index (χ3v) is 5.92. The third kappa shape index (κ3) is 3.88. The highest BCUT2D eigenvalue weighted by molar-refractivity contribution is 8.00. The quantitative estimate of drug-likeness (QED) is 0.456. The van der Waals surface area contributed by atoms with Crippen LogP contribution in [0.3, 0.4) is 0 Å². The Bertz CT molecular complexity index is 1210. The van der Waals surface area contributed by atoms with E-state index in [9.17, 15) is 4.79 Å². The number of carbonyl (C=O) groups is 1. The smallest absolute Gasteiger partial charge is 0.237 e. The third-order valence-electron chi connectivity index (χ3n) is 4.64. The lowest BCUT2D eigenvalue weighted by Gasteiger charge is -2.12. The minimum atomic E-state index is -0.367. The zero-order valence-electron chi connectivity index (χ0n) is 16.1. The van der Waals surface area contributed by atoms with Gasteiger partial charge in [0.1, 0.15) is 5.75 Å². The van der Waals surface area contributed by atoms with Gasteiger partial charge in [-0.25, -0.2) is 0 Å². The molecule has 4 rings (SSSR count). The molecule has 0 bridgehead atoms. The van der Waals surface area contributed by atoms with Gasteiger partial charge in [0, 0.05) is 16.1 Å². The van der Waals surface area contributed by atoms with Crippen molar-refractivity contribution in [3.05, 3.63) is 59.1 Å². The van der Waals surface area contributed by atoms with Crippen molar-refractivity contribution in [2.24, 2.45) is 0 Å². The molecule has 0 aliphatic carbocycles. The molecule has 0 aliphatic rings. The number of amides is 1. The van der Waals surface area contributed by atoms with Gasteiger partial charge in [-0.15, -0.1) is 10.2 Å². The van der Waals surface area contributed by atoms with Crippen LogP contribution in [0.4, 0.5) is 5.69 Å². The van der Waals surface area contributed by atoms with Crippen LogP contribution in [0.15, 0.2) is 53.7 Å². The highest BCUT2D eigenvalue weighted by Gasteiger charge is 2.19. The van der Waals surface area contributed by atoms with Crippen molar-refractivity contribution in [2.75, 3.05) is 12.4 Å². The van der Waals surface area contributed by atoms with Crippen LogP contribution >= 0.6 is 23.4 Å². The summed E-state index contributed by atoms with van der Waals surface area (Å²) in [6.07, 6.45) is 0. The molecule has 8 heteroatoms. The Morgan fingerprint density at radius 1 is 1.17 bits per heavy atom. The van der Waals surface area contributed by atoms with Gasteiger partial charge in [-0.2, -0.15) is 0 Å². The molecular formula is C21H19ClN4O2S. The van der Waals surface area contributed by atoms with E-state index in [2.05, 4.69) is 15.5 Å². The number of fused-ring (bicyclic) bond motifs is 3. The molecule has 29 heavy (non-hydrogen) atoms. The molecule has 0 saturated heterocycles. The van der Waals surface area contributed by atoms with Gasteiger partial charge in [0.05, 0.1) is 17.9 Å². The molecule has 0 saturated carbocycles. The molecular weight excluding hydrogens is 408 g/mol. The molecule has 2 heterocycles. The molecule has 2 aromatic heterocycles. The van der Waals surface area contributed by atoms with Crippen LogP contribution in [0.2, 0.25) is 5.02 Å². The van der Waals surface area contributed by atoms with Gasteiger partial charge in [-0.1, -0.05) is 23.4 Å². The molecule has 1 unspecified atom stereocenters. The number of methoxy groups -OCH3 is 1. The summed E-state index contributed by atoms with van der Waals surface area (Å²) >= 11 is 7.53. The Morgan fingerprint density at radius 2 is 1.93 bits per heavy atom. The number of nitrogens with zero attached hydrogens (tertiary/aromatic N) is 3. The maximum absolute atomic E-state index is 12.7. The summed E-state index contributed by atoms with van der Waals surface area (Å²) in [5.74, 6) is 0.624. The van der Waals surface area contributed by atoms with E-state index in [1.807, 2.05) is 42.5 Å². The number of carbonyl (C=O) groups excluding carboxylic acids is 1. The number of anilines is 1. The first kappa shape index (κ1) is 19.5. The SMILES string of the molecule is COc1ccc(NC(=O)C(C)Sc2nnc3cc(C)c4cc(Cl)ccc4n23)cc1. The molecule has 0 fully saturated rings. The molecule has 1 N–H and O–H groups in total. The first-order valence-electron chi connectivity index (χ1n) is 9.02. The Morgan fingerprint density at radius 3 is 2.66 bits per heavy atom. The second kappa shape index (κ2) is 7.93. The summed E-state index contributed by atoms with van der Waals surface area (Å²) in [4.78, 5) is 12.7. The predicted octanol–water partition coefficient (Wildman–Crippen LogP) is 4.97. The first-order valence-corrected chi connectivity index (χ1v) is 10.3. The summed E-state index contributed by atoms with van der Waals surface area (Å²) in [7, 11) is 1.61. The molecule has 4 aromatic rings. The zero-order chi connectivity index (χ0) is 20.5. The number of hydrogen-bond acceptors (Lipinski definition) is 5. The number of ether oxygens (including phenoxy) is 1. The molecule has 0 spiro atoms. The lowest BCUT2D eigenvalue weighted by Crippen LogP contribution is -2.22. The molecule has 148 valence electrons. The average molecular weight is 427 g/mol. The fourth-order valence-corrected chi connectivity index (χ4v) is 4.14. The van der Waals surface area contributed by atoms with Gasteiger partial charge in [-0.05, 0) is 67.9 Å². The van der Waals surface area contributed by atoms with Crippen molar-refractivity contribution in [3.63, 3.8) is 0 Å². The number of rotatable bonds is 5. The van der Waals surface area contributed by atoms with Crippen molar-refractivity contribution < 1.29 is 9.53 Å². The van der Waals surface area contributed by atoms with E-state index < -0.39 is 0 Å². The average Bonchev–Trinajstić information content (AvgIpc) is 3.11. The topological polar surface area (TPSA) is 68.5 Å². The second-order valence-corrected chi connectivity index (χ2v) is 8.39. The van der Waals surface area contributed by atoms with Gasteiger partial charge < -0.3 is 10.1 Å². The highest BCUT2D eigenvalue weighted by Crippen LogP contribution is 2.30. The molecule has 0 aliphatic heterocycles. The molecule has 1 atom stereocenters. The van der Waals surface area contributed by atoms with Crippen LogP contribution in [0, 0.1) is 6.92 Å². The minimum Gasteiger partial charge on any atom is -0.497 e. The summed E-state index contributed by atoms with van der Waals surface area (Å²) in [5.41, 5.74) is 3.48. The number of aryl methyl sites for hydroxylation is 1. The normalized spacial score (nSPS) is 12.3. The standard InChI is InChI=1S/C21H19ClN4O2S/c1-12-10-19-24-25-21(26(19)18-9-4-14(22)11-17(12)18)29-13(2)20(27)23-15-5-7-16(28-3)8-6-15/h4-11,13H,1-3H3,(H,23,27). The summed E-state index contributed by atoms with van der Waals surface area (Å²) in [5, 5.41) is 13.5. The van der Waals surface area contributed by atoms with Crippen LogP contribution in [-0.4, -0.2) is 32.9 Å². The molecule has 2 aromatic carbocycles. The fourth-order valence-electron chi connectivity index (χ4n) is 3.10. The van der Waals surface area contributed by atoms with Crippen molar-refractivity contribution in [3.8, 4) is 5.75 Å². The van der Waals surface area contributed by atoms with Crippen LogP contribution in [-0.2, 0) is 4.79 Å². The second-order valence-electron chi connectivity index (χ2n) is 6.64. The highest BCUT2D eigenvalue weighted by atomic mass is 35.5. The van der Waals surface area contributed by atoms with Gasteiger partial charge >= 0.3 is 0 Å². The van der Waals surface area contributed by atoms with Gasteiger partial charge in [0.2, 0.25) is 5.91 Å². The van der Waals surface area contributed by atoms with E-state index in [4.69, 9.17) is 16.3 Å². The van der Waals surface area contributed by atoms with E-state index in [0.29, 0.717) is 15.9 Å². The van der Waals surface area contributed by atoms with E-state index in [1.165, 1.54) is 11.8 Å². The fraction of sp³-hybridized carbons (Fsp3) is 0.190. The number of pyridine rings is 1. The summed E-state index contributed by atoms with van der Waals surface area (Å²) in [6, 6.07) is 14.9. The van der Waals surface area contributed by atoms with Gasteiger partial charge in [0.15, 0.2) is 10.8 Å². The Balaban J connectivity index is 1.60.